The van der Waals surface area contributed by atoms with Crippen molar-refractivity contribution in [3.8, 4) is 0 Å². The van der Waals surface area contributed by atoms with Crippen LogP contribution >= 0.6 is 11.6 Å². The Hall–Kier alpha value is -1.55. The third-order valence-electron chi connectivity index (χ3n) is 5.29. The van der Waals surface area contributed by atoms with Crippen LogP contribution in [-0.4, -0.2) is 18.4 Å². The van der Waals surface area contributed by atoms with E-state index in [2.05, 4.69) is 10.6 Å². The van der Waals surface area contributed by atoms with Crippen LogP contribution in [0.5, 0.6) is 0 Å². The molecule has 0 aliphatic heterocycles. The van der Waals surface area contributed by atoms with E-state index in [-0.39, 0.29) is 11.8 Å². The maximum absolute atomic E-state index is 12.4. The zero-order valence-corrected chi connectivity index (χ0v) is 14.2. The number of benzene rings is 1. The lowest BCUT2D eigenvalue weighted by Gasteiger charge is -2.19. The predicted molar refractivity (Wildman–Crippen MR) is 91.6 cm³/mol. The summed E-state index contributed by atoms with van der Waals surface area (Å²) in [7, 11) is 0. The number of halogens is 1. The van der Waals surface area contributed by atoms with Gasteiger partial charge >= 0.3 is 0 Å². The molecular weight excluding hydrogens is 312 g/mol. The number of rotatable bonds is 4. The highest BCUT2D eigenvalue weighted by molar-refractivity contribution is 6.34. The van der Waals surface area contributed by atoms with E-state index in [0.29, 0.717) is 22.2 Å². The molecule has 0 unspecified atom stereocenters. The van der Waals surface area contributed by atoms with Gasteiger partial charge in [-0.1, -0.05) is 24.4 Å². The number of carbonyl (C=O) groups excluding carboxylic acids is 2. The zero-order chi connectivity index (χ0) is 16.4. The smallest absolute Gasteiger partial charge is 0.252 e. The summed E-state index contributed by atoms with van der Waals surface area (Å²) in [5.74, 6) is 2.01. The minimum absolute atomic E-state index is 0.133. The average Bonchev–Trinajstić information content (AvgIpc) is 3.07. The molecule has 0 aromatic heterocycles. The summed E-state index contributed by atoms with van der Waals surface area (Å²) in [5.41, 5.74) is 1.06. The fraction of sp³-hybridized carbons (Fsp3) is 0.556. The van der Waals surface area contributed by atoms with Crippen molar-refractivity contribution < 1.29 is 9.59 Å². The third-order valence-corrected chi connectivity index (χ3v) is 5.60. The molecule has 4 nitrogen and oxygen atoms in total. The second kappa shape index (κ2) is 6.91. The van der Waals surface area contributed by atoms with Gasteiger partial charge in [0.15, 0.2) is 0 Å². The molecule has 2 aliphatic rings. The molecule has 0 heterocycles. The van der Waals surface area contributed by atoms with E-state index in [4.69, 9.17) is 11.6 Å². The molecule has 1 aromatic rings. The summed E-state index contributed by atoms with van der Waals surface area (Å²) >= 11 is 6.18. The molecule has 0 radical (unpaired) electrons. The first-order valence-corrected chi connectivity index (χ1v) is 8.77. The fourth-order valence-electron chi connectivity index (χ4n) is 4.24. The minimum Gasteiger partial charge on any atom is -0.352 e. The van der Waals surface area contributed by atoms with Gasteiger partial charge in [-0.3, -0.25) is 9.59 Å². The summed E-state index contributed by atoms with van der Waals surface area (Å²) in [6.45, 7) is 2.18. The molecule has 2 saturated carbocycles. The normalized spacial score (nSPS) is 25.9. The van der Waals surface area contributed by atoms with Crippen molar-refractivity contribution in [2.45, 2.75) is 39.0 Å². The van der Waals surface area contributed by atoms with Gasteiger partial charge in [0, 0.05) is 19.2 Å². The number of hydrogen-bond donors (Lipinski definition) is 2. The quantitative estimate of drug-likeness (QED) is 0.878. The van der Waals surface area contributed by atoms with Gasteiger partial charge in [0.25, 0.3) is 5.91 Å². The lowest BCUT2D eigenvalue weighted by atomic mass is 9.92. The number of amides is 2. The Morgan fingerprint density at radius 2 is 2.04 bits per heavy atom. The average molecular weight is 335 g/mol. The minimum atomic E-state index is -0.161. The van der Waals surface area contributed by atoms with Gasteiger partial charge in [0.1, 0.15) is 0 Å². The molecule has 2 N–H and O–H groups in total. The second-order valence-corrected chi connectivity index (χ2v) is 7.19. The van der Waals surface area contributed by atoms with Crippen LogP contribution in [0.1, 0.15) is 49.4 Å². The van der Waals surface area contributed by atoms with Gasteiger partial charge < -0.3 is 10.6 Å². The van der Waals surface area contributed by atoms with E-state index in [1.165, 1.54) is 39.0 Å². The molecule has 2 aliphatic carbocycles. The molecule has 2 fully saturated rings. The van der Waals surface area contributed by atoms with E-state index in [1.54, 1.807) is 18.2 Å². The van der Waals surface area contributed by atoms with Crippen molar-refractivity contribution in [3.63, 3.8) is 0 Å². The van der Waals surface area contributed by atoms with Gasteiger partial charge in [-0.05, 0) is 55.2 Å². The van der Waals surface area contributed by atoms with Gasteiger partial charge in [-0.15, -0.1) is 0 Å². The standard InChI is InChI=1S/C18H23ClN2O2/c1-11(22)21-14-7-8-16(17(19)9-14)18(23)20-10-13-6-5-12-3-2-4-15(12)13/h7-9,12-13,15H,2-6,10H2,1H3,(H,20,23)(H,21,22)/t12-,13+,15-/m0/s1. The Kier molecular flexibility index (Phi) is 4.90. The van der Waals surface area contributed by atoms with Gasteiger partial charge in [0.2, 0.25) is 5.91 Å². The van der Waals surface area contributed by atoms with Crippen molar-refractivity contribution in [2.75, 3.05) is 11.9 Å². The van der Waals surface area contributed by atoms with Crippen molar-refractivity contribution >= 4 is 29.1 Å². The maximum Gasteiger partial charge on any atom is 0.252 e. The van der Waals surface area contributed by atoms with E-state index in [0.717, 1.165) is 18.4 Å². The van der Waals surface area contributed by atoms with Crippen LogP contribution < -0.4 is 10.6 Å². The van der Waals surface area contributed by atoms with Gasteiger partial charge in [-0.25, -0.2) is 0 Å². The largest absolute Gasteiger partial charge is 0.352 e. The van der Waals surface area contributed by atoms with Crippen LogP contribution in [-0.2, 0) is 4.79 Å². The summed E-state index contributed by atoms with van der Waals surface area (Å²) in [6, 6.07) is 4.97. The number of fused-ring (bicyclic) bond motifs is 1. The number of hydrogen-bond acceptors (Lipinski definition) is 2. The highest BCUT2D eigenvalue weighted by Gasteiger charge is 2.38. The molecular formula is C18H23ClN2O2. The van der Waals surface area contributed by atoms with Gasteiger partial charge in [-0.2, -0.15) is 0 Å². The highest BCUT2D eigenvalue weighted by atomic mass is 35.5. The van der Waals surface area contributed by atoms with Crippen LogP contribution in [0.4, 0.5) is 5.69 Å². The first-order chi connectivity index (χ1) is 11.0. The summed E-state index contributed by atoms with van der Waals surface area (Å²) in [6.07, 6.45) is 6.57. The highest BCUT2D eigenvalue weighted by Crippen LogP contribution is 2.47. The Morgan fingerprint density at radius 3 is 2.78 bits per heavy atom. The van der Waals surface area contributed by atoms with Crippen molar-refractivity contribution in [1.29, 1.82) is 0 Å². The monoisotopic (exact) mass is 334 g/mol. The summed E-state index contributed by atoms with van der Waals surface area (Å²) < 4.78 is 0. The van der Waals surface area contributed by atoms with Crippen molar-refractivity contribution in [3.05, 3.63) is 28.8 Å². The molecule has 5 heteroatoms. The fourth-order valence-corrected chi connectivity index (χ4v) is 4.51. The Balaban J connectivity index is 1.59. The van der Waals surface area contributed by atoms with Crippen LogP contribution in [0.15, 0.2) is 18.2 Å². The topological polar surface area (TPSA) is 58.2 Å². The van der Waals surface area contributed by atoms with E-state index in [9.17, 15) is 9.59 Å². The summed E-state index contributed by atoms with van der Waals surface area (Å²) in [4.78, 5) is 23.4. The molecule has 3 rings (SSSR count). The van der Waals surface area contributed by atoms with Crippen LogP contribution in [0.2, 0.25) is 5.02 Å². The van der Waals surface area contributed by atoms with E-state index in [1.807, 2.05) is 0 Å². The Bertz CT molecular complexity index is 617. The van der Waals surface area contributed by atoms with Crippen molar-refractivity contribution in [1.82, 2.24) is 5.32 Å². The molecule has 23 heavy (non-hydrogen) atoms. The van der Waals surface area contributed by atoms with Crippen molar-refractivity contribution in [2.24, 2.45) is 17.8 Å². The predicted octanol–water partition coefficient (Wildman–Crippen LogP) is 3.85. The Morgan fingerprint density at radius 1 is 1.22 bits per heavy atom. The summed E-state index contributed by atoms with van der Waals surface area (Å²) in [5, 5.41) is 6.06. The SMILES string of the molecule is CC(=O)Nc1ccc(C(=O)NC[C@H]2CC[C@@H]3CCC[C@@H]32)c(Cl)c1. The number of carbonyl (C=O) groups is 2. The third kappa shape index (κ3) is 3.69. The molecule has 0 spiro atoms. The van der Waals surface area contributed by atoms with Gasteiger partial charge in [0.05, 0.1) is 10.6 Å². The first kappa shape index (κ1) is 16.3. The van der Waals surface area contributed by atoms with E-state index >= 15 is 0 Å². The van der Waals surface area contributed by atoms with Crippen LogP contribution in [0.3, 0.4) is 0 Å². The lowest BCUT2D eigenvalue weighted by molar-refractivity contribution is -0.114. The molecule has 2 amide bonds. The molecule has 124 valence electrons. The van der Waals surface area contributed by atoms with E-state index < -0.39 is 0 Å². The Labute approximate surface area is 142 Å². The number of anilines is 1. The zero-order valence-electron chi connectivity index (χ0n) is 13.4. The molecule has 1 aromatic carbocycles. The molecule has 0 bridgehead atoms. The second-order valence-electron chi connectivity index (χ2n) is 6.78. The maximum atomic E-state index is 12.4. The van der Waals surface area contributed by atoms with Crippen LogP contribution in [0, 0.1) is 17.8 Å². The lowest BCUT2D eigenvalue weighted by Crippen LogP contribution is -2.31. The first-order valence-electron chi connectivity index (χ1n) is 8.40. The number of nitrogens with one attached hydrogen (secondary N) is 2. The molecule has 3 atom stereocenters. The molecule has 0 saturated heterocycles. The van der Waals surface area contributed by atoms with Crippen LogP contribution in [0.25, 0.3) is 0 Å².